The first kappa shape index (κ1) is 20.1. The van der Waals surface area contributed by atoms with Crippen LogP contribution in [0.25, 0.3) is 0 Å². The standard InChI is InChI=1S/C14H30N2OS.C2H6/c1-12(2,3)18(17)15-11-8-9-13(4,5)16-14(6,7)10-11;1-2/h11,15-16H,8-10H2,1-7H3;1-2H3. The number of rotatable bonds is 2. The van der Waals surface area contributed by atoms with Crippen molar-refractivity contribution in [2.75, 3.05) is 0 Å². The van der Waals surface area contributed by atoms with Crippen molar-refractivity contribution in [3.63, 3.8) is 0 Å². The maximum Gasteiger partial charge on any atom is 0.0972 e. The van der Waals surface area contributed by atoms with Crippen molar-refractivity contribution in [1.29, 1.82) is 0 Å². The molecule has 122 valence electrons. The third kappa shape index (κ3) is 7.19. The van der Waals surface area contributed by atoms with Gasteiger partial charge in [0.2, 0.25) is 0 Å². The zero-order valence-corrected chi connectivity index (χ0v) is 15.8. The third-order valence-corrected chi connectivity index (χ3v) is 5.04. The van der Waals surface area contributed by atoms with Gasteiger partial charge in [-0.05, 0) is 67.7 Å². The minimum absolute atomic E-state index is 0.0831. The van der Waals surface area contributed by atoms with Crippen molar-refractivity contribution >= 4 is 11.0 Å². The predicted molar refractivity (Wildman–Crippen MR) is 91.3 cm³/mol. The summed E-state index contributed by atoms with van der Waals surface area (Å²) >= 11 is 0. The molecule has 2 N–H and O–H groups in total. The van der Waals surface area contributed by atoms with Gasteiger partial charge in [-0.2, -0.15) is 0 Å². The smallest absolute Gasteiger partial charge is 0.0972 e. The minimum Gasteiger partial charge on any atom is -0.307 e. The molecule has 1 saturated heterocycles. The Labute approximate surface area is 129 Å². The molecule has 3 nitrogen and oxygen atoms in total. The first-order valence-corrected chi connectivity index (χ1v) is 9.04. The second-order valence-electron chi connectivity index (χ2n) is 7.83. The van der Waals surface area contributed by atoms with Gasteiger partial charge in [0.25, 0.3) is 0 Å². The molecule has 0 saturated carbocycles. The van der Waals surface area contributed by atoms with Crippen LogP contribution >= 0.6 is 0 Å². The van der Waals surface area contributed by atoms with Gasteiger partial charge in [-0.25, -0.2) is 8.93 Å². The molecular formula is C16H36N2OS. The van der Waals surface area contributed by atoms with Crippen LogP contribution in [0, 0.1) is 0 Å². The highest BCUT2D eigenvalue weighted by Gasteiger charge is 2.35. The van der Waals surface area contributed by atoms with E-state index in [9.17, 15) is 4.21 Å². The lowest BCUT2D eigenvalue weighted by Gasteiger charge is -2.35. The van der Waals surface area contributed by atoms with Crippen molar-refractivity contribution in [2.45, 2.75) is 103 Å². The van der Waals surface area contributed by atoms with Gasteiger partial charge in [-0.15, -0.1) is 0 Å². The fourth-order valence-electron chi connectivity index (χ4n) is 2.71. The molecule has 0 amide bonds. The van der Waals surface area contributed by atoms with Gasteiger partial charge in [0.15, 0.2) is 0 Å². The van der Waals surface area contributed by atoms with Crippen LogP contribution in [-0.2, 0) is 11.0 Å². The zero-order chi connectivity index (χ0) is 16.2. The van der Waals surface area contributed by atoms with Crippen molar-refractivity contribution in [2.24, 2.45) is 0 Å². The normalized spacial score (nSPS) is 26.9. The summed E-state index contributed by atoms with van der Waals surface area (Å²) in [6, 6.07) is 0.328. The average Bonchev–Trinajstić information content (AvgIpc) is 2.35. The molecule has 0 radical (unpaired) electrons. The van der Waals surface area contributed by atoms with E-state index in [1.165, 1.54) is 0 Å². The van der Waals surface area contributed by atoms with Gasteiger partial charge < -0.3 is 5.32 Å². The molecule has 1 heterocycles. The Hall–Kier alpha value is 0.0700. The Bertz CT molecular complexity index is 319. The van der Waals surface area contributed by atoms with Gasteiger partial charge in [-0.1, -0.05) is 13.8 Å². The highest BCUT2D eigenvalue weighted by Crippen LogP contribution is 2.28. The number of nitrogens with one attached hydrogen (secondary N) is 2. The Morgan fingerprint density at radius 1 is 1.10 bits per heavy atom. The molecule has 20 heavy (non-hydrogen) atoms. The lowest BCUT2D eigenvalue weighted by atomic mass is 9.95. The van der Waals surface area contributed by atoms with Gasteiger partial charge in [-0.3, -0.25) is 0 Å². The molecule has 0 aromatic heterocycles. The summed E-state index contributed by atoms with van der Waals surface area (Å²) in [7, 11) is -0.978. The summed E-state index contributed by atoms with van der Waals surface area (Å²) < 4.78 is 15.3. The Kier molecular flexibility index (Phi) is 7.39. The van der Waals surface area contributed by atoms with E-state index in [0.29, 0.717) is 6.04 Å². The third-order valence-electron chi connectivity index (χ3n) is 3.38. The summed E-state index contributed by atoms with van der Waals surface area (Å²) in [6.07, 6.45) is 3.19. The summed E-state index contributed by atoms with van der Waals surface area (Å²) in [4.78, 5) is 0. The van der Waals surface area contributed by atoms with Gasteiger partial charge in [0, 0.05) is 17.1 Å². The Morgan fingerprint density at radius 2 is 1.60 bits per heavy atom. The molecule has 4 heteroatoms. The summed E-state index contributed by atoms with van der Waals surface area (Å²) in [5, 5.41) is 3.70. The lowest BCUT2D eigenvalue weighted by Crippen LogP contribution is -2.51. The number of hydrogen-bond acceptors (Lipinski definition) is 2. The van der Waals surface area contributed by atoms with E-state index in [1.54, 1.807) is 0 Å². The van der Waals surface area contributed by atoms with E-state index in [4.69, 9.17) is 0 Å². The summed E-state index contributed by atoms with van der Waals surface area (Å²) in [5.41, 5.74) is 0.239. The first-order valence-electron chi connectivity index (χ1n) is 7.89. The van der Waals surface area contributed by atoms with Crippen LogP contribution in [0.15, 0.2) is 0 Å². The highest BCUT2D eigenvalue weighted by atomic mass is 32.2. The van der Waals surface area contributed by atoms with Crippen molar-refractivity contribution in [1.82, 2.24) is 10.0 Å². The molecule has 0 aromatic carbocycles. The second-order valence-corrected chi connectivity index (χ2v) is 9.83. The highest BCUT2D eigenvalue weighted by molar-refractivity contribution is 7.84. The maximum absolute atomic E-state index is 12.2. The minimum atomic E-state index is -0.978. The fraction of sp³-hybridized carbons (Fsp3) is 1.00. The molecule has 1 aliphatic heterocycles. The van der Waals surface area contributed by atoms with Crippen molar-refractivity contribution in [3.8, 4) is 0 Å². The lowest BCUT2D eigenvalue weighted by molar-refractivity contribution is 0.266. The molecule has 0 bridgehead atoms. The number of hydrogen-bond donors (Lipinski definition) is 2. The molecular weight excluding hydrogens is 268 g/mol. The molecule has 1 aliphatic rings. The molecule has 0 spiro atoms. The van der Waals surface area contributed by atoms with Gasteiger partial charge in [0.05, 0.1) is 15.7 Å². The molecule has 2 unspecified atom stereocenters. The van der Waals surface area contributed by atoms with E-state index in [2.05, 4.69) is 37.7 Å². The van der Waals surface area contributed by atoms with Crippen LogP contribution in [-0.4, -0.2) is 26.1 Å². The quantitative estimate of drug-likeness (QED) is 0.815. The van der Waals surface area contributed by atoms with E-state index in [-0.39, 0.29) is 15.8 Å². The second kappa shape index (κ2) is 7.37. The van der Waals surface area contributed by atoms with Crippen LogP contribution in [0.3, 0.4) is 0 Å². The Balaban J connectivity index is 0.00000172. The molecule has 1 rings (SSSR count). The topological polar surface area (TPSA) is 41.1 Å². The molecule has 2 atom stereocenters. The Morgan fingerprint density at radius 3 is 2.05 bits per heavy atom. The van der Waals surface area contributed by atoms with Crippen LogP contribution in [0.2, 0.25) is 0 Å². The van der Waals surface area contributed by atoms with Gasteiger partial charge in [0.1, 0.15) is 0 Å². The van der Waals surface area contributed by atoms with Crippen LogP contribution in [0.1, 0.15) is 81.6 Å². The molecule has 0 aliphatic carbocycles. The van der Waals surface area contributed by atoms with E-state index < -0.39 is 11.0 Å². The predicted octanol–water partition coefficient (Wildman–Crippen LogP) is 3.76. The SMILES string of the molecule is CC.CC1(C)CCC(NS(=O)C(C)(C)C)CC(C)(C)N1. The fourth-order valence-corrected chi connectivity index (χ4v) is 3.57. The summed E-state index contributed by atoms with van der Waals surface area (Å²) in [6.45, 7) is 19.0. The van der Waals surface area contributed by atoms with E-state index >= 15 is 0 Å². The van der Waals surface area contributed by atoms with Crippen molar-refractivity contribution in [3.05, 3.63) is 0 Å². The average molecular weight is 305 g/mol. The van der Waals surface area contributed by atoms with E-state index in [1.807, 2.05) is 34.6 Å². The van der Waals surface area contributed by atoms with Crippen LogP contribution in [0.4, 0.5) is 0 Å². The maximum atomic E-state index is 12.2. The van der Waals surface area contributed by atoms with Crippen molar-refractivity contribution < 1.29 is 4.21 Å². The zero-order valence-electron chi connectivity index (χ0n) is 15.0. The largest absolute Gasteiger partial charge is 0.307 e. The molecule has 0 aromatic rings. The van der Waals surface area contributed by atoms with Gasteiger partial charge >= 0.3 is 0 Å². The monoisotopic (exact) mass is 304 g/mol. The van der Waals surface area contributed by atoms with E-state index in [0.717, 1.165) is 19.3 Å². The first-order chi connectivity index (χ1) is 8.91. The molecule has 1 fully saturated rings. The van der Waals surface area contributed by atoms with Crippen LogP contribution in [0.5, 0.6) is 0 Å². The van der Waals surface area contributed by atoms with Crippen LogP contribution < -0.4 is 10.0 Å². The summed E-state index contributed by atoms with van der Waals surface area (Å²) in [5.74, 6) is 0.